The minimum Gasteiger partial charge on any atom is -0.332 e. The molecule has 0 bridgehead atoms. The molecule has 2 aromatic rings. The molecule has 0 aliphatic carbocycles. The number of aromatic nitrogens is 2. The average molecular weight is 327 g/mol. The second-order valence-corrected chi connectivity index (χ2v) is 5.33. The lowest BCUT2D eigenvalue weighted by Crippen LogP contribution is -2.42. The van der Waals surface area contributed by atoms with Crippen LogP contribution >= 0.6 is 0 Å². The van der Waals surface area contributed by atoms with Gasteiger partial charge in [0, 0.05) is 6.54 Å². The Hall–Kier alpha value is -2.58. The van der Waals surface area contributed by atoms with E-state index in [1.165, 1.54) is 12.1 Å². The molecule has 0 radical (unpaired) electrons. The fourth-order valence-corrected chi connectivity index (χ4v) is 2.79. The van der Waals surface area contributed by atoms with Gasteiger partial charge in [-0.15, -0.1) is 0 Å². The van der Waals surface area contributed by atoms with E-state index >= 15 is 0 Å². The fourth-order valence-electron chi connectivity index (χ4n) is 2.79. The molecule has 1 aromatic carbocycles. The van der Waals surface area contributed by atoms with Crippen molar-refractivity contribution in [2.75, 3.05) is 13.1 Å². The van der Waals surface area contributed by atoms with E-state index in [0.717, 1.165) is 0 Å². The number of nitrogens with one attached hydrogen (secondary N) is 1. The lowest BCUT2D eigenvalue weighted by Gasteiger charge is -2.18. The zero-order valence-electron chi connectivity index (χ0n) is 11.8. The van der Waals surface area contributed by atoms with Crippen LogP contribution in [0.15, 0.2) is 33.9 Å². The van der Waals surface area contributed by atoms with E-state index < -0.39 is 35.9 Å². The second kappa shape index (κ2) is 5.25. The molecule has 2 heterocycles. The van der Waals surface area contributed by atoms with E-state index in [4.69, 9.17) is 0 Å². The van der Waals surface area contributed by atoms with Crippen LogP contribution in [0.2, 0.25) is 0 Å². The third-order valence-electron chi connectivity index (χ3n) is 3.79. The Labute approximate surface area is 127 Å². The Morgan fingerprint density at radius 2 is 1.87 bits per heavy atom. The van der Waals surface area contributed by atoms with Gasteiger partial charge in [-0.05, 0) is 18.6 Å². The minimum absolute atomic E-state index is 0.0176. The summed E-state index contributed by atoms with van der Waals surface area (Å²) in [6, 6.07) is 5.04. The molecular weight excluding hydrogens is 315 g/mol. The van der Waals surface area contributed by atoms with Crippen molar-refractivity contribution in [2.45, 2.75) is 18.6 Å². The highest BCUT2D eigenvalue weighted by atomic mass is 19.4. The summed E-state index contributed by atoms with van der Waals surface area (Å²) < 4.78 is 38.1. The van der Waals surface area contributed by atoms with Gasteiger partial charge in [0.25, 0.3) is 5.56 Å². The van der Waals surface area contributed by atoms with Crippen molar-refractivity contribution >= 4 is 16.8 Å². The van der Waals surface area contributed by atoms with Gasteiger partial charge in [0.2, 0.25) is 5.91 Å². The summed E-state index contributed by atoms with van der Waals surface area (Å²) in [5, 5.41) is 0.203. The van der Waals surface area contributed by atoms with Gasteiger partial charge in [-0.2, -0.15) is 13.2 Å². The maximum absolute atomic E-state index is 12.4. The topological polar surface area (TPSA) is 75.2 Å². The molecule has 1 fully saturated rings. The predicted molar refractivity (Wildman–Crippen MR) is 75.1 cm³/mol. The van der Waals surface area contributed by atoms with E-state index in [1.807, 2.05) is 0 Å². The van der Waals surface area contributed by atoms with Crippen LogP contribution in [0.4, 0.5) is 13.2 Å². The number of para-hydroxylation sites is 1. The number of rotatable bonds is 2. The van der Waals surface area contributed by atoms with E-state index in [2.05, 4.69) is 4.98 Å². The van der Waals surface area contributed by atoms with E-state index in [9.17, 15) is 27.6 Å². The summed E-state index contributed by atoms with van der Waals surface area (Å²) in [6.07, 6.45) is -4.54. The SMILES string of the molecule is O=C1[C@H](n2c(=O)[nH]c3ccccc3c2=O)CCN1CC(F)(F)F. The van der Waals surface area contributed by atoms with Crippen LogP contribution in [0.25, 0.3) is 10.9 Å². The number of aromatic amines is 1. The van der Waals surface area contributed by atoms with E-state index in [-0.39, 0.29) is 18.4 Å². The third-order valence-corrected chi connectivity index (χ3v) is 3.79. The molecular formula is C14H12F3N3O3. The Morgan fingerprint density at radius 3 is 2.57 bits per heavy atom. The monoisotopic (exact) mass is 327 g/mol. The molecule has 0 unspecified atom stereocenters. The quantitative estimate of drug-likeness (QED) is 0.895. The molecule has 6 nitrogen and oxygen atoms in total. The predicted octanol–water partition coefficient (Wildman–Crippen LogP) is 1.03. The van der Waals surface area contributed by atoms with E-state index in [0.29, 0.717) is 15.0 Å². The number of benzene rings is 1. The standard InChI is InChI=1S/C14H12F3N3O3/c15-14(16,17)7-19-6-5-10(12(19)22)20-11(21)8-3-1-2-4-9(8)18-13(20)23/h1-4,10H,5-7H2,(H,18,23)/t10-/m1/s1. The molecule has 122 valence electrons. The fraction of sp³-hybridized carbons (Fsp3) is 0.357. The van der Waals surface area contributed by atoms with Gasteiger partial charge < -0.3 is 9.88 Å². The van der Waals surface area contributed by atoms with Crippen molar-refractivity contribution in [3.8, 4) is 0 Å². The number of fused-ring (bicyclic) bond motifs is 1. The first kappa shape index (κ1) is 15.3. The van der Waals surface area contributed by atoms with Gasteiger partial charge in [-0.1, -0.05) is 12.1 Å². The lowest BCUT2D eigenvalue weighted by atomic mass is 10.2. The lowest BCUT2D eigenvalue weighted by molar-refractivity contribution is -0.158. The summed E-state index contributed by atoms with van der Waals surface area (Å²) in [5.41, 5.74) is -1.17. The van der Waals surface area contributed by atoms with Crippen molar-refractivity contribution in [1.29, 1.82) is 0 Å². The van der Waals surface area contributed by atoms with Crippen molar-refractivity contribution in [1.82, 2.24) is 14.5 Å². The first-order valence-corrected chi connectivity index (χ1v) is 6.87. The van der Waals surface area contributed by atoms with Crippen molar-refractivity contribution in [3.63, 3.8) is 0 Å². The Kier molecular flexibility index (Phi) is 3.50. The Morgan fingerprint density at radius 1 is 1.17 bits per heavy atom. The molecule has 1 aliphatic heterocycles. The number of halogens is 3. The maximum atomic E-state index is 12.4. The van der Waals surface area contributed by atoms with Gasteiger partial charge in [-0.25, -0.2) is 9.36 Å². The third kappa shape index (κ3) is 2.73. The van der Waals surface area contributed by atoms with Crippen LogP contribution in [0.5, 0.6) is 0 Å². The molecule has 1 aliphatic rings. The second-order valence-electron chi connectivity index (χ2n) is 5.33. The largest absolute Gasteiger partial charge is 0.406 e. The summed E-state index contributed by atoms with van der Waals surface area (Å²) in [6.45, 7) is -1.54. The van der Waals surface area contributed by atoms with Crippen LogP contribution < -0.4 is 11.2 Å². The number of hydrogen-bond donors (Lipinski definition) is 1. The number of hydrogen-bond acceptors (Lipinski definition) is 3. The number of nitrogens with zero attached hydrogens (tertiary/aromatic N) is 2. The van der Waals surface area contributed by atoms with Crippen molar-refractivity contribution in [3.05, 3.63) is 45.1 Å². The van der Waals surface area contributed by atoms with E-state index in [1.54, 1.807) is 12.1 Å². The highest BCUT2D eigenvalue weighted by molar-refractivity contribution is 5.83. The zero-order chi connectivity index (χ0) is 16.8. The first-order valence-electron chi connectivity index (χ1n) is 6.87. The Balaban J connectivity index is 2.03. The summed E-state index contributed by atoms with van der Waals surface area (Å²) in [7, 11) is 0. The summed E-state index contributed by atoms with van der Waals surface area (Å²) in [5.74, 6) is -0.870. The number of likely N-dealkylation sites (tertiary alicyclic amines) is 1. The van der Waals surface area contributed by atoms with Crippen LogP contribution in [-0.4, -0.2) is 39.6 Å². The molecule has 1 amide bonds. The van der Waals surface area contributed by atoms with Crippen molar-refractivity contribution in [2.24, 2.45) is 0 Å². The van der Waals surface area contributed by atoms with Gasteiger partial charge in [0.15, 0.2) is 0 Å². The van der Waals surface area contributed by atoms with Crippen molar-refractivity contribution < 1.29 is 18.0 Å². The molecule has 23 heavy (non-hydrogen) atoms. The van der Waals surface area contributed by atoms with Crippen LogP contribution in [-0.2, 0) is 4.79 Å². The summed E-state index contributed by atoms with van der Waals surface area (Å²) in [4.78, 5) is 39.7. The molecule has 1 N–H and O–H groups in total. The highest BCUT2D eigenvalue weighted by Gasteiger charge is 2.41. The minimum atomic E-state index is -4.52. The van der Waals surface area contributed by atoms with Gasteiger partial charge in [0.05, 0.1) is 10.9 Å². The van der Waals surface area contributed by atoms with Gasteiger partial charge in [-0.3, -0.25) is 9.59 Å². The number of carbonyl (C=O) groups is 1. The highest BCUT2D eigenvalue weighted by Crippen LogP contribution is 2.25. The molecule has 3 rings (SSSR count). The molecule has 1 saturated heterocycles. The number of alkyl halides is 3. The first-order chi connectivity index (χ1) is 10.8. The zero-order valence-corrected chi connectivity index (χ0v) is 11.8. The Bertz CT molecular complexity index is 884. The van der Waals surface area contributed by atoms with Crippen LogP contribution in [0.1, 0.15) is 12.5 Å². The molecule has 1 aromatic heterocycles. The maximum Gasteiger partial charge on any atom is 0.406 e. The van der Waals surface area contributed by atoms with Crippen LogP contribution in [0.3, 0.4) is 0 Å². The summed E-state index contributed by atoms with van der Waals surface area (Å²) >= 11 is 0. The normalized spacial score (nSPS) is 18.8. The smallest absolute Gasteiger partial charge is 0.332 e. The molecule has 9 heteroatoms. The average Bonchev–Trinajstić information content (AvgIpc) is 2.79. The van der Waals surface area contributed by atoms with Gasteiger partial charge >= 0.3 is 11.9 Å². The molecule has 0 saturated carbocycles. The number of amides is 1. The van der Waals surface area contributed by atoms with Gasteiger partial charge in [0.1, 0.15) is 12.6 Å². The molecule has 0 spiro atoms. The van der Waals surface area contributed by atoms with Crippen LogP contribution in [0, 0.1) is 0 Å². The molecule has 1 atom stereocenters. The number of carbonyl (C=O) groups excluding carboxylic acids is 1. The number of H-pyrrole nitrogens is 1.